The van der Waals surface area contributed by atoms with Crippen LogP contribution >= 0.6 is 0 Å². The molecule has 3 fully saturated rings. The van der Waals surface area contributed by atoms with E-state index in [4.69, 9.17) is 0 Å². The Balaban J connectivity index is 1.90. The van der Waals surface area contributed by atoms with Crippen LogP contribution in [-0.2, 0) is 0 Å². The van der Waals surface area contributed by atoms with Crippen molar-refractivity contribution in [2.75, 3.05) is 0 Å². The van der Waals surface area contributed by atoms with Gasteiger partial charge in [-0.25, -0.2) is 0 Å². The van der Waals surface area contributed by atoms with E-state index in [2.05, 4.69) is 27.7 Å². The topological polar surface area (TPSA) is 0 Å². The molecule has 3 aliphatic carbocycles. The van der Waals surface area contributed by atoms with Crippen molar-refractivity contribution in [3.8, 4) is 0 Å². The third-order valence-corrected chi connectivity index (χ3v) is 4.77. The van der Waals surface area contributed by atoms with E-state index in [-0.39, 0.29) is 0 Å². The molecule has 0 N–H and O–H groups in total. The Bertz CT molecular complexity index is 160. The maximum Gasteiger partial charge on any atom is -0.0286 e. The minimum atomic E-state index is 0.755. The van der Waals surface area contributed by atoms with Crippen molar-refractivity contribution in [3.05, 3.63) is 0 Å². The van der Waals surface area contributed by atoms with Crippen LogP contribution in [0.1, 0.15) is 27.7 Å². The second-order valence-corrected chi connectivity index (χ2v) is 5.75. The number of hydrogen-bond donors (Lipinski definition) is 0. The van der Waals surface area contributed by atoms with E-state index in [9.17, 15) is 0 Å². The maximum atomic E-state index is 2.45. The Morgan fingerprint density at radius 3 is 1.00 bits per heavy atom. The summed E-state index contributed by atoms with van der Waals surface area (Å²) in [5.41, 5.74) is 1.51. The molecular weight excluding hydrogens is 120 g/mol. The quantitative estimate of drug-likeness (QED) is 0.480. The predicted octanol–water partition coefficient (Wildman–Crippen LogP) is 2.54. The molecule has 0 aromatic rings. The molecule has 3 saturated carbocycles. The highest BCUT2D eigenvalue weighted by Gasteiger charge is 2.88. The zero-order valence-electron chi connectivity index (χ0n) is 7.31. The van der Waals surface area contributed by atoms with E-state index in [1.807, 2.05) is 0 Å². The maximum absolute atomic E-state index is 2.45. The zero-order chi connectivity index (χ0) is 7.31. The molecule has 0 aromatic carbocycles. The van der Waals surface area contributed by atoms with Crippen LogP contribution in [-0.4, -0.2) is 0 Å². The summed E-state index contributed by atoms with van der Waals surface area (Å²) in [6.07, 6.45) is 0. The van der Waals surface area contributed by atoms with Gasteiger partial charge in [0.25, 0.3) is 0 Å². The Hall–Kier alpha value is 0. The van der Waals surface area contributed by atoms with Crippen molar-refractivity contribution < 1.29 is 0 Å². The van der Waals surface area contributed by atoms with Gasteiger partial charge >= 0.3 is 0 Å². The summed E-state index contributed by atoms with van der Waals surface area (Å²) >= 11 is 0. The monoisotopic (exact) mass is 136 g/mol. The first-order valence-electron chi connectivity index (χ1n) is 4.49. The Morgan fingerprint density at radius 2 is 0.800 bits per heavy atom. The minimum absolute atomic E-state index is 0.755. The summed E-state index contributed by atoms with van der Waals surface area (Å²) < 4.78 is 0. The van der Waals surface area contributed by atoms with Crippen LogP contribution < -0.4 is 0 Å². The van der Waals surface area contributed by atoms with Gasteiger partial charge in [-0.15, -0.1) is 0 Å². The van der Waals surface area contributed by atoms with Crippen LogP contribution in [0.25, 0.3) is 0 Å². The summed E-state index contributed by atoms with van der Waals surface area (Å²) in [6.45, 7) is 9.80. The van der Waals surface area contributed by atoms with Gasteiger partial charge < -0.3 is 0 Å². The minimum Gasteiger partial charge on any atom is -0.0593 e. The first kappa shape index (κ1) is 5.62. The fourth-order valence-corrected chi connectivity index (χ4v) is 4.04. The molecule has 0 heterocycles. The first-order valence-corrected chi connectivity index (χ1v) is 4.49. The van der Waals surface area contributed by atoms with Gasteiger partial charge in [0.2, 0.25) is 0 Å². The molecule has 0 aliphatic heterocycles. The van der Waals surface area contributed by atoms with E-state index in [1.54, 1.807) is 0 Å². The zero-order valence-corrected chi connectivity index (χ0v) is 7.31. The third-order valence-electron chi connectivity index (χ3n) is 4.77. The molecule has 0 nitrogen and oxygen atoms in total. The lowest BCUT2D eigenvalue weighted by Gasteiger charge is -2.04. The molecule has 3 aliphatic rings. The average molecular weight is 136 g/mol. The Morgan fingerprint density at radius 1 is 0.600 bits per heavy atom. The molecule has 0 atom stereocenters. The van der Waals surface area contributed by atoms with E-state index >= 15 is 0 Å². The van der Waals surface area contributed by atoms with Crippen LogP contribution in [0.4, 0.5) is 0 Å². The molecule has 0 spiro atoms. The Labute approximate surface area is 63.0 Å². The second-order valence-electron chi connectivity index (χ2n) is 5.75. The summed E-state index contributed by atoms with van der Waals surface area (Å²) in [7, 11) is 0. The average Bonchev–Trinajstić information content (AvgIpc) is 2.07. The van der Waals surface area contributed by atoms with Gasteiger partial charge in [0, 0.05) is 0 Å². The predicted molar refractivity (Wildman–Crippen MR) is 41.5 cm³/mol. The highest BCUT2D eigenvalue weighted by molar-refractivity contribution is 5.35. The van der Waals surface area contributed by atoms with Crippen LogP contribution in [0.5, 0.6) is 0 Å². The van der Waals surface area contributed by atoms with Crippen molar-refractivity contribution in [1.82, 2.24) is 0 Å². The van der Waals surface area contributed by atoms with Gasteiger partial charge in [0.15, 0.2) is 0 Å². The van der Waals surface area contributed by atoms with Gasteiger partial charge in [-0.2, -0.15) is 0 Å². The lowest BCUT2D eigenvalue weighted by Crippen LogP contribution is -2.00. The van der Waals surface area contributed by atoms with Crippen LogP contribution in [0.15, 0.2) is 0 Å². The highest BCUT2D eigenvalue weighted by Crippen LogP contribution is 2.92. The van der Waals surface area contributed by atoms with Crippen molar-refractivity contribution in [2.45, 2.75) is 27.7 Å². The van der Waals surface area contributed by atoms with Crippen molar-refractivity contribution in [1.29, 1.82) is 0 Å². The molecule has 0 amide bonds. The van der Waals surface area contributed by atoms with E-state index in [0.717, 1.165) is 34.5 Å². The summed E-state index contributed by atoms with van der Waals surface area (Å²) in [5.74, 6) is 4.53. The van der Waals surface area contributed by atoms with E-state index < -0.39 is 0 Å². The molecule has 56 valence electrons. The molecular formula is C10H16. The molecule has 0 aromatic heterocycles. The molecule has 0 bridgehead atoms. The normalized spacial score (nSPS) is 63.6. The van der Waals surface area contributed by atoms with Crippen molar-refractivity contribution >= 4 is 0 Å². The first-order chi connectivity index (χ1) is 4.49. The fourth-order valence-electron chi connectivity index (χ4n) is 4.04. The fraction of sp³-hybridized carbons (Fsp3) is 1.00. The standard InChI is InChI=1S/C10H16/c1-9(2)5-6(9)8-7(5)10(8,3)4/h5-8H,1-4H3. The second kappa shape index (κ2) is 1.00. The van der Waals surface area contributed by atoms with Gasteiger partial charge in [-0.3, -0.25) is 0 Å². The third kappa shape index (κ3) is 0.302. The lowest BCUT2D eigenvalue weighted by molar-refractivity contribution is 0.434. The number of rotatable bonds is 0. The van der Waals surface area contributed by atoms with E-state index in [1.165, 1.54) is 0 Å². The number of hydrogen-bond acceptors (Lipinski definition) is 0. The molecule has 10 heavy (non-hydrogen) atoms. The largest absolute Gasteiger partial charge is 0.0593 e. The lowest BCUT2D eigenvalue weighted by atomic mass is 10.0. The number of fused-ring (bicyclic) bond motifs is 4. The van der Waals surface area contributed by atoms with Crippen LogP contribution in [0.2, 0.25) is 0 Å². The van der Waals surface area contributed by atoms with Gasteiger partial charge in [0.1, 0.15) is 0 Å². The van der Waals surface area contributed by atoms with Gasteiger partial charge in [-0.1, -0.05) is 27.7 Å². The molecule has 0 unspecified atom stereocenters. The van der Waals surface area contributed by atoms with E-state index in [0.29, 0.717) is 0 Å². The Kier molecular flexibility index (Phi) is 0.562. The van der Waals surface area contributed by atoms with Crippen molar-refractivity contribution in [2.24, 2.45) is 34.5 Å². The van der Waals surface area contributed by atoms with Crippen molar-refractivity contribution in [3.63, 3.8) is 0 Å². The smallest absolute Gasteiger partial charge is 0.0286 e. The van der Waals surface area contributed by atoms with Crippen LogP contribution in [0, 0.1) is 34.5 Å². The van der Waals surface area contributed by atoms with Crippen LogP contribution in [0.3, 0.4) is 0 Å². The van der Waals surface area contributed by atoms with Gasteiger partial charge in [-0.05, 0) is 34.5 Å². The SMILES string of the molecule is CC1(C)C2C1C1C2C1(C)C. The molecule has 0 radical (unpaired) electrons. The molecule has 3 rings (SSSR count). The molecule has 0 saturated heterocycles. The summed E-state index contributed by atoms with van der Waals surface area (Å²) in [5, 5.41) is 0. The molecule has 0 heteroatoms. The summed E-state index contributed by atoms with van der Waals surface area (Å²) in [6, 6.07) is 0. The summed E-state index contributed by atoms with van der Waals surface area (Å²) in [4.78, 5) is 0. The highest BCUT2D eigenvalue weighted by atomic mass is 14.9. The van der Waals surface area contributed by atoms with Gasteiger partial charge in [0.05, 0.1) is 0 Å².